The molecule has 1 saturated carbocycles. The van der Waals surface area contributed by atoms with Crippen LogP contribution >= 0.6 is 0 Å². The number of hydrogen-bond acceptors (Lipinski definition) is 0. The summed E-state index contributed by atoms with van der Waals surface area (Å²) in [5.74, 6) is 1.84. The second-order valence-corrected chi connectivity index (χ2v) is 8.86. The van der Waals surface area contributed by atoms with Crippen LogP contribution in [0.2, 0.25) is 0 Å². The molecule has 0 atom stereocenters. The highest BCUT2D eigenvalue weighted by Crippen LogP contribution is 2.37. The average Bonchev–Trinajstić information content (AvgIpc) is 2.14. The summed E-state index contributed by atoms with van der Waals surface area (Å²) < 4.78 is 0. The van der Waals surface area contributed by atoms with Gasteiger partial charge in [-0.15, -0.1) is 0 Å². The SMILES string of the molecule is CC(C)(C)C1CCCCC1.CC(C)CC(C)(C)C. The summed E-state index contributed by atoms with van der Waals surface area (Å²) >= 11 is 0. The maximum atomic E-state index is 2.38. The molecule has 0 aromatic rings. The standard InChI is InChI=1S/C10H20.C8H18/c1-10(2,3)9-7-5-4-6-8-9;1-7(2)6-8(3,4)5/h9H,4-8H2,1-3H3;7H,6H2,1-5H3. The molecule has 1 rings (SSSR count). The highest BCUT2D eigenvalue weighted by Gasteiger charge is 2.25. The van der Waals surface area contributed by atoms with Gasteiger partial charge in [-0.25, -0.2) is 0 Å². The van der Waals surface area contributed by atoms with Crippen molar-refractivity contribution >= 4 is 0 Å². The summed E-state index contributed by atoms with van der Waals surface area (Å²) in [5.41, 5.74) is 1.09. The van der Waals surface area contributed by atoms with Gasteiger partial charge >= 0.3 is 0 Å². The van der Waals surface area contributed by atoms with E-state index in [1.807, 2.05) is 0 Å². The minimum absolute atomic E-state index is 0.522. The van der Waals surface area contributed by atoms with Crippen LogP contribution in [0, 0.1) is 22.7 Å². The van der Waals surface area contributed by atoms with Crippen molar-refractivity contribution in [3.63, 3.8) is 0 Å². The third-order valence-electron chi connectivity index (χ3n) is 3.85. The van der Waals surface area contributed by atoms with Gasteiger partial charge in [0.05, 0.1) is 0 Å². The van der Waals surface area contributed by atoms with Gasteiger partial charge in [0.15, 0.2) is 0 Å². The van der Waals surface area contributed by atoms with Crippen molar-refractivity contribution in [1.29, 1.82) is 0 Å². The molecule has 0 unspecified atom stereocenters. The van der Waals surface area contributed by atoms with Gasteiger partial charge in [-0.2, -0.15) is 0 Å². The van der Waals surface area contributed by atoms with Crippen LogP contribution in [0.4, 0.5) is 0 Å². The fourth-order valence-electron chi connectivity index (χ4n) is 3.19. The number of rotatable bonds is 1. The number of hydrogen-bond donors (Lipinski definition) is 0. The van der Waals surface area contributed by atoms with E-state index in [1.165, 1.54) is 38.5 Å². The Labute approximate surface area is 117 Å². The molecule has 0 N–H and O–H groups in total. The lowest BCUT2D eigenvalue weighted by Crippen LogP contribution is -2.22. The van der Waals surface area contributed by atoms with Gasteiger partial charge in [-0.1, -0.05) is 74.7 Å². The van der Waals surface area contributed by atoms with E-state index < -0.39 is 0 Å². The third-order valence-corrected chi connectivity index (χ3v) is 3.85. The first kappa shape index (κ1) is 18.0. The maximum absolute atomic E-state index is 2.38. The van der Waals surface area contributed by atoms with Crippen LogP contribution in [0.5, 0.6) is 0 Å². The Morgan fingerprint density at radius 2 is 1.28 bits per heavy atom. The van der Waals surface area contributed by atoms with Crippen LogP contribution in [0.3, 0.4) is 0 Å². The van der Waals surface area contributed by atoms with Crippen LogP contribution in [0.15, 0.2) is 0 Å². The van der Waals surface area contributed by atoms with E-state index in [2.05, 4.69) is 55.4 Å². The van der Waals surface area contributed by atoms with Crippen LogP contribution in [-0.4, -0.2) is 0 Å². The van der Waals surface area contributed by atoms with Crippen LogP contribution < -0.4 is 0 Å². The fourth-order valence-corrected chi connectivity index (χ4v) is 3.19. The zero-order valence-corrected chi connectivity index (χ0v) is 14.4. The van der Waals surface area contributed by atoms with Gasteiger partial charge in [0, 0.05) is 0 Å². The van der Waals surface area contributed by atoms with Gasteiger partial charge in [-0.3, -0.25) is 0 Å². The summed E-state index contributed by atoms with van der Waals surface area (Å²) in [6.07, 6.45) is 8.70. The van der Waals surface area contributed by atoms with Crippen molar-refractivity contribution in [2.75, 3.05) is 0 Å². The first-order chi connectivity index (χ1) is 8.02. The predicted molar refractivity (Wildman–Crippen MR) is 84.9 cm³/mol. The molecule has 0 saturated heterocycles. The highest BCUT2D eigenvalue weighted by atomic mass is 14.3. The molecule has 0 nitrogen and oxygen atoms in total. The Bertz CT molecular complexity index is 193. The summed E-state index contributed by atoms with van der Waals surface area (Å²) in [5, 5.41) is 0. The quantitative estimate of drug-likeness (QED) is 0.489. The van der Waals surface area contributed by atoms with Gasteiger partial charge in [0.1, 0.15) is 0 Å². The van der Waals surface area contributed by atoms with E-state index in [1.54, 1.807) is 0 Å². The Morgan fingerprint density at radius 1 is 0.833 bits per heavy atom. The molecule has 1 aliphatic rings. The first-order valence-electron chi connectivity index (χ1n) is 8.02. The Hall–Kier alpha value is 0. The van der Waals surface area contributed by atoms with E-state index in [9.17, 15) is 0 Å². The van der Waals surface area contributed by atoms with Crippen molar-refractivity contribution in [1.82, 2.24) is 0 Å². The second-order valence-electron chi connectivity index (χ2n) is 8.86. The molecule has 0 aromatic carbocycles. The molecule has 0 radical (unpaired) electrons. The molecular weight excluding hydrogens is 216 g/mol. The molecule has 1 aliphatic carbocycles. The summed E-state index contributed by atoms with van der Waals surface area (Å²) in [7, 11) is 0. The lowest BCUT2D eigenvalue weighted by atomic mass is 9.72. The molecule has 110 valence electrons. The van der Waals surface area contributed by atoms with E-state index >= 15 is 0 Å². The Morgan fingerprint density at radius 3 is 1.44 bits per heavy atom. The lowest BCUT2D eigenvalue weighted by molar-refractivity contribution is 0.180. The first-order valence-corrected chi connectivity index (χ1v) is 8.02. The molecular formula is C18H38. The molecule has 0 heteroatoms. The Kier molecular flexibility index (Phi) is 7.56. The van der Waals surface area contributed by atoms with Crippen LogP contribution in [0.25, 0.3) is 0 Å². The van der Waals surface area contributed by atoms with E-state index in [0.717, 1.165) is 11.8 Å². The van der Waals surface area contributed by atoms with Gasteiger partial charge in [0.25, 0.3) is 0 Å². The average molecular weight is 255 g/mol. The predicted octanol–water partition coefficient (Wildman–Crippen LogP) is 6.69. The third kappa shape index (κ3) is 9.97. The van der Waals surface area contributed by atoms with Crippen molar-refractivity contribution < 1.29 is 0 Å². The van der Waals surface area contributed by atoms with Gasteiger partial charge < -0.3 is 0 Å². The summed E-state index contributed by atoms with van der Waals surface area (Å²) in [6, 6.07) is 0. The summed E-state index contributed by atoms with van der Waals surface area (Å²) in [4.78, 5) is 0. The largest absolute Gasteiger partial charge is 0.0628 e. The lowest BCUT2D eigenvalue weighted by Gasteiger charge is -2.33. The van der Waals surface area contributed by atoms with Gasteiger partial charge in [-0.05, 0) is 41.9 Å². The minimum atomic E-state index is 0.522. The molecule has 0 aromatic heterocycles. The molecule has 0 amide bonds. The van der Waals surface area contributed by atoms with Crippen molar-refractivity contribution in [3.8, 4) is 0 Å². The highest BCUT2D eigenvalue weighted by molar-refractivity contribution is 4.76. The molecule has 0 heterocycles. The summed E-state index contributed by atoms with van der Waals surface area (Å²) in [6.45, 7) is 18.5. The normalized spacial score (nSPS) is 18.5. The topological polar surface area (TPSA) is 0 Å². The zero-order chi connectivity index (χ0) is 14.4. The second kappa shape index (κ2) is 7.56. The van der Waals surface area contributed by atoms with Crippen LogP contribution in [-0.2, 0) is 0 Å². The molecule has 18 heavy (non-hydrogen) atoms. The Balaban J connectivity index is 0.000000331. The maximum Gasteiger partial charge on any atom is -0.0354 e. The van der Waals surface area contributed by atoms with Crippen molar-refractivity contribution in [2.45, 2.75) is 93.9 Å². The van der Waals surface area contributed by atoms with E-state index in [4.69, 9.17) is 0 Å². The molecule has 0 spiro atoms. The van der Waals surface area contributed by atoms with Crippen LogP contribution in [0.1, 0.15) is 93.9 Å². The molecule has 1 fully saturated rings. The molecule has 0 aliphatic heterocycles. The molecule has 0 bridgehead atoms. The fraction of sp³-hybridized carbons (Fsp3) is 1.00. The van der Waals surface area contributed by atoms with Gasteiger partial charge in [0.2, 0.25) is 0 Å². The zero-order valence-electron chi connectivity index (χ0n) is 14.4. The smallest absolute Gasteiger partial charge is 0.0354 e. The monoisotopic (exact) mass is 254 g/mol. The van der Waals surface area contributed by atoms with Crippen molar-refractivity contribution in [3.05, 3.63) is 0 Å². The van der Waals surface area contributed by atoms with Crippen molar-refractivity contribution in [2.24, 2.45) is 22.7 Å². The van der Waals surface area contributed by atoms with E-state index in [0.29, 0.717) is 10.8 Å². The van der Waals surface area contributed by atoms with E-state index in [-0.39, 0.29) is 0 Å². The minimum Gasteiger partial charge on any atom is -0.0628 e.